The van der Waals surface area contributed by atoms with Crippen LogP contribution >= 0.6 is 0 Å². The number of methoxy groups -OCH3 is 2. The largest absolute Gasteiger partial charge is 0.497 e. The third-order valence-corrected chi connectivity index (χ3v) is 5.32. The molecule has 0 spiro atoms. The van der Waals surface area contributed by atoms with Crippen LogP contribution < -0.4 is 14.4 Å². The molecule has 0 atom stereocenters. The first-order chi connectivity index (χ1) is 13.9. The van der Waals surface area contributed by atoms with E-state index in [1.165, 1.54) is 19.2 Å². The average molecular weight is 400 g/mol. The van der Waals surface area contributed by atoms with E-state index in [4.69, 9.17) is 9.47 Å². The number of rotatable bonds is 5. The minimum atomic E-state index is -0.549. The van der Waals surface area contributed by atoms with Crippen LogP contribution in [0.5, 0.6) is 11.5 Å². The Morgan fingerprint density at radius 1 is 1.03 bits per heavy atom. The summed E-state index contributed by atoms with van der Waals surface area (Å²) in [7, 11) is 4.70. The molecule has 2 amide bonds. The van der Waals surface area contributed by atoms with Gasteiger partial charge in [0.15, 0.2) is 17.3 Å². The molecule has 3 rings (SSSR count). The maximum atomic E-state index is 13.9. The highest BCUT2D eigenvalue weighted by molar-refractivity contribution is 5.98. The molecular weight excluding hydrogens is 375 g/mol. The van der Waals surface area contributed by atoms with Gasteiger partial charge in [-0.3, -0.25) is 9.69 Å². The van der Waals surface area contributed by atoms with Gasteiger partial charge in [0.2, 0.25) is 0 Å². The molecule has 7 heteroatoms. The molecule has 0 saturated carbocycles. The molecule has 6 nitrogen and oxygen atoms in total. The number of halogens is 1. The lowest BCUT2D eigenvalue weighted by atomic mass is 9.89. The first-order valence-corrected chi connectivity index (χ1v) is 9.49. The molecule has 29 heavy (non-hydrogen) atoms. The topological polar surface area (TPSA) is 59.1 Å². The Labute approximate surface area is 169 Å². The number of ketones is 1. The summed E-state index contributed by atoms with van der Waals surface area (Å²) in [4.78, 5) is 28.8. The maximum absolute atomic E-state index is 13.9. The fourth-order valence-corrected chi connectivity index (χ4v) is 3.52. The van der Waals surface area contributed by atoms with Crippen molar-refractivity contribution in [2.45, 2.75) is 12.8 Å². The van der Waals surface area contributed by atoms with Crippen LogP contribution in [-0.2, 0) is 0 Å². The summed E-state index contributed by atoms with van der Waals surface area (Å²) in [6.45, 7) is 0.961. The fourth-order valence-electron chi connectivity index (χ4n) is 3.52. The second-order valence-electron chi connectivity index (χ2n) is 7.01. The predicted molar refractivity (Wildman–Crippen MR) is 108 cm³/mol. The Morgan fingerprint density at radius 2 is 1.69 bits per heavy atom. The third-order valence-electron chi connectivity index (χ3n) is 5.32. The van der Waals surface area contributed by atoms with Gasteiger partial charge in [-0.25, -0.2) is 9.18 Å². The van der Waals surface area contributed by atoms with Crippen molar-refractivity contribution in [1.29, 1.82) is 0 Å². The van der Waals surface area contributed by atoms with Crippen molar-refractivity contribution in [3.63, 3.8) is 0 Å². The molecular formula is C22H25FN2O4. The first kappa shape index (κ1) is 20.6. The third kappa shape index (κ3) is 4.50. The Morgan fingerprint density at radius 3 is 2.24 bits per heavy atom. The number of amides is 2. The summed E-state index contributed by atoms with van der Waals surface area (Å²) in [5.74, 6) is -0.0280. The number of piperidine rings is 1. The quantitative estimate of drug-likeness (QED) is 0.712. The van der Waals surface area contributed by atoms with E-state index in [0.29, 0.717) is 31.5 Å². The highest BCUT2D eigenvalue weighted by Gasteiger charge is 2.30. The van der Waals surface area contributed by atoms with Crippen molar-refractivity contribution in [3.05, 3.63) is 53.8 Å². The normalized spacial score (nSPS) is 14.4. The molecule has 0 N–H and O–H groups in total. The van der Waals surface area contributed by atoms with Gasteiger partial charge in [0.25, 0.3) is 0 Å². The van der Waals surface area contributed by atoms with Gasteiger partial charge in [-0.05, 0) is 55.3 Å². The van der Waals surface area contributed by atoms with Crippen LogP contribution in [0.3, 0.4) is 0 Å². The van der Waals surface area contributed by atoms with Crippen LogP contribution in [0.4, 0.5) is 14.9 Å². The first-order valence-electron chi connectivity index (χ1n) is 9.49. The Kier molecular flexibility index (Phi) is 6.36. The number of hydrogen-bond donors (Lipinski definition) is 0. The van der Waals surface area contributed by atoms with Crippen molar-refractivity contribution in [2.24, 2.45) is 5.92 Å². The molecule has 0 aliphatic carbocycles. The number of ether oxygens (including phenoxy) is 2. The zero-order valence-electron chi connectivity index (χ0n) is 16.9. The molecule has 2 aromatic rings. The van der Waals surface area contributed by atoms with Crippen LogP contribution in [0.15, 0.2) is 42.5 Å². The van der Waals surface area contributed by atoms with Crippen molar-refractivity contribution in [3.8, 4) is 11.5 Å². The monoisotopic (exact) mass is 400 g/mol. The summed E-state index contributed by atoms with van der Waals surface area (Å²) in [5.41, 5.74) is 1.10. The standard InChI is InChI=1S/C22H25FN2O4/c1-24(17-5-7-18(28-2)8-6-17)22(27)25-12-10-15(11-13-25)21(26)16-4-9-20(29-3)19(23)14-16/h4-9,14-15H,10-13H2,1-3H3. The average Bonchev–Trinajstić information content (AvgIpc) is 2.77. The summed E-state index contributed by atoms with van der Waals surface area (Å²) in [6.07, 6.45) is 1.10. The number of carbonyl (C=O) groups excluding carboxylic acids is 2. The summed E-state index contributed by atoms with van der Waals surface area (Å²) in [6, 6.07) is 11.4. The van der Waals surface area contributed by atoms with Gasteiger partial charge in [0, 0.05) is 37.3 Å². The fraction of sp³-hybridized carbons (Fsp3) is 0.364. The van der Waals surface area contributed by atoms with E-state index in [1.54, 1.807) is 42.2 Å². The number of nitrogens with zero attached hydrogens (tertiary/aromatic N) is 2. The number of Topliss-reactive ketones (excluding diaryl/α,β-unsaturated/α-hetero) is 1. The molecule has 0 unspecified atom stereocenters. The van der Waals surface area contributed by atoms with Crippen LogP contribution in [-0.4, -0.2) is 51.1 Å². The number of urea groups is 1. The van der Waals surface area contributed by atoms with E-state index in [0.717, 1.165) is 11.4 Å². The summed E-state index contributed by atoms with van der Waals surface area (Å²) < 4.78 is 23.9. The highest BCUT2D eigenvalue weighted by Crippen LogP contribution is 2.26. The molecule has 1 aliphatic rings. The van der Waals surface area contributed by atoms with E-state index in [9.17, 15) is 14.0 Å². The van der Waals surface area contributed by atoms with Crippen molar-refractivity contribution < 1.29 is 23.5 Å². The summed E-state index contributed by atoms with van der Waals surface area (Å²) in [5, 5.41) is 0. The van der Waals surface area contributed by atoms with Crippen molar-refractivity contribution in [2.75, 3.05) is 39.3 Å². The van der Waals surface area contributed by atoms with Crippen LogP contribution in [0, 0.1) is 11.7 Å². The molecule has 1 saturated heterocycles. The highest BCUT2D eigenvalue weighted by atomic mass is 19.1. The van der Waals surface area contributed by atoms with Crippen molar-refractivity contribution >= 4 is 17.5 Å². The molecule has 0 aromatic heterocycles. The van der Waals surface area contributed by atoms with Gasteiger partial charge in [-0.15, -0.1) is 0 Å². The van der Waals surface area contributed by atoms with Gasteiger partial charge in [0.05, 0.1) is 14.2 Å². The van der Waals surface area contributed by atoms with Gasteiger partial charge < -0.3 is 14.4 Å². The number of carbonyl (C=O) groups is 2. The smallest absolute Gasteiger partial charge is 0.324 e. The van der Waals surface area contributed by atoms with Crippen LogP contribution in [0.25, 0.3) is 0 Å². The Bertz CT molecular complexity index is 877. The minimum Gasteiger partial charge on any atom is -0.497 e. The molecule has 154 valence electrons. The summed E-state index contributed by atoms with van der Waals surface area (Å²) >= 11 is 0. The van der Waals surface area contributed by atoms with E-state index in [-0.39, 0.29) is 23.5 Å². The predicted octanol–water partition coefficient (Wildman–Crippen LogP) is 3.99. The SMILES string of the molecule is COc1ccc(N(C)C(=O)N2CCC(C(=O)c3ccc(OC)c(F)c3)CC2)cc1. The van der Waals surface area contributed by atoms with E-state index in [1.807, 2.05) is 12.1 Å². The van der Waals surface area contributed by atoms with Crippen molar-refractivity contribution in [1.82, 2.24) is 4.90 Å². The van der Waals surface area contributed by atoms with Gasteiger partial charge in [-0.1, -0.05) is 0 Å². The molecule has 1 heterocycles. The number of benzene rings is 2. The van der Waals surface area contributed by atoms with Gasteiger partial charge in [-0.2, -0.15) is 0 Å². The molecule has 2 aromatic carbocycles. The van der Waals surface area contributed by atoms with E-state index < -0.39 is 5.82 Å². The van der Waals surface area contributed by atoms with E-state index >= 15 is 0 Å². The van der Waals surface area contributed by atoms with Crippen LogP contribution in [0.1, 0.15) is 23.2 Å². The number of anilines is 1. The molecule has 1 aliphatic heterocycles. The second kappa shape index (κ2) is 8.94. The number of hydrogen-bond acceptors (Lipinski definition) is 4. The van der Waals surface area contributed by atoms with Gasteiger partial charge >= 0.3 is 6.03 Å². The zero-order chi connectivity index (χ0) is 21.0. The maximum Gasteiger partial charge on any atom is 0.324 e. The minimum absolute atomic E-state index is 0.0952. The Balaban J connectivity index is 1.59. The van der Waals surface area contributed by atoms with Gasteiger partial charge in [0.1, 0.15) is 5.75 Å². The number of likely N-dealkylation sites (tertiary alicyclic amines) is 1. The molecule has 0 radical (unpaired) electrons. The lowest BCUT2D eigenvalue weighted by Crippen LogP contribution is -2.46. The molecule has 1 fully saturated rings. The lowest BCUT2D eigenvalue weighted by Gasteiger charge is -2.34. The van der Waals surface area contributed by atoms with E-state index in [2.05, 4.69) is 0 Å². The second-order valence-corrected chi connectivity index (χ2v) is 7.01. The molecule has 0 bridgehead atoms. The van der Waals surface area contributed by atoms with Crippen LogP contribution in [0.2, 0.25) is 0 Å². The zero-order valence-corrected chi connectivity index (χ0v) is 16.9. The Hall–Kier alpha value is -3.09. The lowest BCUT2D eigenvalue weighted by molar-refractivity contribution is 0.0857.